The fourth-order valence-electron chi connectivity index (χ4n) is 1.22. The average Bonchev–Trinajstić information content (AvgIpc) is 2.25. The van der Waals surface area contributed by atoms with E-state index in [-0.39, 0.29) is 18.5 Å². The van der Waals surface area contributed by atoms with Crippen molar-refractivity contribution in [2.75, 3.05) is 0 Å². The molecule has 118 valence electrons. The molecule has 0 heterocycles. The van der Waals surface area contributed by atoms with Crippen molar-refractivity contribution in [1.82, 2.24) is 0 Å². The molecular weight excluding hydrogens is 326 g/mol. The molecule has 0 spiro atoms. The smallest absolute Gasteiger partial charge is 0.369 e. The van der Waals surface area contributed by atoms with Crippen molar-refractivity contribution in [2.24, 2.45) is 21.7 Å². The molecule has 0 fully saturated rings. The van der Waals surface area contributed by atoms with E-state index in [2.05, 4.69) is 10.2 Å². The van der Waals surface area contributed by atoms with Gasteiger partial charge in [-0.2, -0.15) is 31.4 Å². The van der Waals surface area contributed by atoms with Gasteiger partial charge in [0.05, 0.1) is 17.3 Å². The fourth-order valence-corrected chi connectivity index (χ4v) is 1.22. The second kappa shape index (κ2) is 6.66. The number of guanidine groups is 1. The number of rotatable bonds is 2. The number of hydrogen-bond acceptors (Lipinski definition) is 2. The molecule has 4 nitrogen and oxygen atoms in total. The minimum Gasteiger partial charge on any atom is -0.369 e. The largest absolute Gasteiger partial charge is 0.416 e. The summed E-state index contributed by atoms with van der Waals surface area (Å²) >= 11 is 0. The Morgan fingerprint density at radius 3 is 1.67 bits per heavy atom. The molecule has 0 aliphatic heterocycles. The van der Waals surface area contributed by atoms with Crippen molar-refractivity contribution in [3.63, 3.8) is 0 Å². The van der Waals surface area contributed by atoms with Crippen LogP contribution in [0.15, 0.2) is 28.4 Å². The third-order valence-corrected chi connectivity index (χ3v) is 1.99. The first kappa shape index (κ1) is 19.0. The van der Waals surface area contributed by atoms with Crippen LogP contribution in [0.25, 0.3) is 0 Å². The molecule has 0 amide bonds. The average molecular weight is 335 g/mol. The topological polar surface area (TPSA) is 76.8 Å². The minimum absolute atomic E-state index is 0. The molecule has 0 unspecified atom stereocenters. The van der Waals surface area contributed by atoms with Crippen molar-refractivity contribution in [2.45, 2.75) is 12.4 Å². The van der Waals surface area contributed by atoms with Crippen LogP contribution in [-0.2, 0) is 12.4 Å². The predicted molar refractivity (Wildman–Crippen MR) is 67.1 cm³/mol. The van der Waals surface area contributed by atoms with E-state index in [1.165, 1.54) is 0 Å². The number of alkyl halides is 6. The zero-order valence-electron chi connectivity index (χ0n) is 10.0. The minimum atomic E-state index is -4.92. The monoisotopic (exact) mass is 334 g/mol. The molecule has 11 heteroatoms. The molecule has 4 N–H and O–H groups in total. The lowest BCUT2D eigenvalue weighted by Gasteiger charge is -2.12. The summed E-state index contributed by atoms with van der Waals surface area (Å²) in [5.41, 5.74) is 6.49. The standard InChI is InChI=1S/C10H8F6N4.ClH/c11-9(12,13)6-1-5(4-19-20-8(17)18)2-7(3-6)10(14,15)16;/h1-4H,(H4,17,18,20);1H. The lowest BCUT2D eigenvalue weighted by molar-refractivity contribution is -0.143. The molecule has 21 heavy (non-hydrogen) atoms. The number of nitrogens with two attached hydrogens (primary N) is 2. The van der Waals surface area contributed by atoms with Crippen LogP contribution >= 0.6 is 12.4 Å². The van der Waals surface area contributed by atoms with E-state index in [0.717, 1.165) is 0 Å². The Hall–Kier alpha value is -1.97. The van der Waals surface area contributed by atoms with Gasteiger partial charge in [0.1, 0.15) is 0 Å². The molecular formula is C10H9ClF6N4. The number of halogens is 7. The van der Waals surface area contributed by atoms with E-state index in [0.29, 0.717) is 18.3 Å². The van der Waals surface area contributed by atoms with Crippen LogP contribution in [0.5, 0.6) is 0 Å². The van der Waals surface area contributed by atoms with Gasteiger partial charge in [-0.1, -0.05) is 0 Å². The zero-order valence-corrected chi connectivity index (χ0v) is 10.9. The van der Waals surface area contributed by atoms with Crippen LogP contribution in [0.3, 0.4) is 0 Å². The summed E-state index contributed by atoms with van der Waals surface area (Å²) in [5.74, 6) is -0.482. The Labute approximate surface area is 120 Å². The molecule has 0 atom stereocenters. The molecule has 0 saturated heterocycles. The Kier molecular flexibility index (Phi) is 6.03. The van der Waals surface area contributed by atoms with Gasteiger partial charge >= 0.3 is 12.4 Å². The van der Waals surface area contributed by atoms with Crippen LogP contribution < -0.4 is 11.5 Å². The molecule has 0 radical (unpaired) electrons. The van der Waals surface area contributed by atoms with Crippen molar-refractivity contribution in [3.05, 3.63) is 34.9 Å². The Morgan fingerprint density at radius 2 is 1.33 bits per heavy atom. The summed E-state index contributed by atoms with van der Waals surface area (Å²) in [6, 6.07) is 1.01. The zero-order chi connectivity index (χ0) is 15.6. The van der Waals surface area contributed by atoms with E-state index in [1.807, 2.05) is 0 Å². The summed E-state index contributed by atoms with van der Waals surface area (Å²) in [6.07, 6.45) is -9.15. The third kappa shape index (κ3) is 5.90. The van der Waals surface area contributed by atoms with E-state index in [9.17, 15) is 26.3 Å². The van der Waals surface area contributed by atoms with Crippen molar-refractivity contribution in [1.29, 1.82) is 0 Å². The van der Waals surface area contributed by atoms with Crippen LogP contribution in [0.1, 0.15) is 16.7 Å². The van der Waals surface area contributed by atoms with Gasteiger partial charge in [0.25, 0.3) is 0 Å². The van der Waals surface area contributed by atoms with Crippen molar-refractivity contribution >= 4 is 24.6 Å². The second-order valence-electron chi connectivity index (χ2n) is 3.61. The maximum Gasteiger partial charge on any atom is 0.416 e. The molecule has 1 aromatic carbocycles. The highest BCUT2D eigenvalue weighted by Gasteiger charge is 2.36. The van der Waals surface area contributed by atoms with Crippen LogP contribution in [0, 0.1) is 0 Å². The van der Waals surface area contributed by atoms with Gasteiger partial charge in [0.15, 0.2) is 0 Å². The maximum atomic E-state index is 12.5. The van der Waals surface area contributed by atoms with Crippen molar-refractivity contribution < 1.29 is 26.3 Å². The first-order valence-electron chi connectivity index (χ1n) is 4.91. The summed E-state index contributed by atoms with van der Waals surface area (Å²) in [6.45, 7) is 0. The molecule has 1 rings (SSSR count). The van der Waals surface area contributed by atoms with E-state index >= 15 is 0 Å². The summed E-state index contributed by atoms with van der Waals surface area (Å²) in [5, 5.41) is 6.25. The van der Waals surface area contributed by atoms with Crippen molar-refractivity contribution in [3.8, 4) is 0 Å². The molecule has 0 aliphatic rings. The summed E-state index contributed by atoms with van der Waals surface area (Å²) in [4.78, 5) is 0. The molecule has 0 bridgehead atoms. The number of hydrogen-bond donors (Lipinski definition) is 2. The second-order valence-corrected chi connectivity index (χ2v) is 3.61. The van der Waals surface area contributed by atoms with Crippen LogP contribution in [0.4, 0.5) is 26.3 Å². The predicted octanol–water partition coefficient (Wildman–Crippen LogP) is 2.75. The quantitative estimate of drug-likeness (QED) is 0.377. The van der Waals surface area contributed by atoms with Gasteiger partial charge in [-0.3, -0.25) is 0 Å². The van der Waals surface area contributed by atoms with Crippen LogP contribution in [0.2, 0.25) is 0 Å². The van der Waals surface area contributed by atoms with E-state index in [1.54, 1.807) is 0 Å². The van der Waals surface area contributed by atoms with Gasteiger partial charge in [-0.15, -0.1) is 17.5 Å². The number of benzene rings is 1. The SMILES string of the molecule is Cl.NC(N)=NN=Cc1cc(C(F)(F)F)cc(C(F)(F)F)c1. The first-order valence-corrected chi connectivity index (χ1v) is 4.91. The lowest BCUT2D eigenvalue weighted by atomic mass is 10.1. The lowest BCUT2D eigenvalue weighted by Crippen LogP contribution is -2.21. The molecule has 0 saturated carbocycles. The molecule has 0 aliphatic carbocycles. The normalized spacial score (nSPS) is 12.1. The number of nitrogens with zero attached hydrogens (tertiary/aromatic N) is 2. The Balaban J connectivity index is 0.00000400. The molecule has 1 aromatic rings. The van der Waals surface area contributed by atoms with Gasteiger partial charge in [-0.25, -0.2) is 0 Å². The third-order valence-electron chi connectivity index (χ3n) is 1.99. The summed E-state index contributed by atoms with van der Waals surface area (Å²) in [7, 11) is 0. The highest BCUT2D eigenvalue weighted by atomic mass is 35.5. The Bertz CT molecular complexity index is 513. The van der Waals surface area contributed by atoms with Crippen LogP contribution in [-0.4, -0.2) is 12.2 Å². The highest BCUT2D eigenvalue weighted by molar-refractivity contribution is 5.85. The van der Waals surface area contributed by atoms with E-state index in [4.69, 9.17) is 11.5 Å². The maximum absolute atomic E-state index is 12.5. The Morgan fingerprint density at radius 1 is 0.905 bits per heavy atom. The van der Waals surface area contributed by atoms with Gasteiger partial charge in [0.2, 0.25) is 5.96 Å². The van der Waals surface area contributed by atoms with E-state index < -0.39 is 35.0 Å². The summed E-state index contributed by atoms with van der Waals surface area (Å²) < 4.78 is 75.0. The van der Waals surface area contributed by atoms with Gasteiger partial charge in [-0.05, 0) is 23.8 Å². The van der Waals surface area contributed by atoms with Gasteiger partial charge < -0.3 is 11.5 Å². The highest BCUT2D eigenvalue weighted by Crippen LogP contribution is 2.35. The van der Waals surface area contributed by atoms with Gasteiger partial charge in [0, 0.05) is 0 Å². The fraction of sp³-hybridized carbons (Fsp3) is 0.200. The first-order chi connectivity index (χ1) is 9.00. The molecule has 0 aromatic heterocycles.